The van der Waals surface area contributed by atoms with E-state index in [-0.39, 0.29) is 5.97 Å². The summed E-state index contributed by atoms with van der Waals surface area (Å²) in [5, 5.41) is 1.07. The zero-order valence-corrected chi connectivity index (χ0v) is 15.0. The molecular weight excluding hydrogens is 328 g/mol. The molecule has 0 aliphatic rings. The Kier molecular flexibility index (Phi) is 5.37. The first-order valence-corrected chi connectivity index (χ1v) is 8.55. The van der Waals surface area contributed by atoms with Gasteiger partial charge in [0.15, 0.2) is 0 Å². The summed E-state index contributed by atoms with van der Waals surface area (Å²) in [6.45, 7) is 1.80. The van der Waals surface area contributed by atoms with Crippen LogP contribution in [0.4, 0.5) is 5.82 Å². The van der Waals surface area contributed by atoms with E-state index in [0.717, 1.165) is 46.2 Å². The van der Waals surface area contributed by atoms with E-state index in [0.29, 0.717) is 12.4 Å². The van der Waals surface area contributed by atoms with Gasteiger partial charge < -0.3 is 15.2 Å². The SMILES string of the molecule is COc1ccc(-c2c(N)nc3ccccc3c2CCCOC(C)=O)cc1. The van der Waals surface area contributed by atoms with Crippen molar-refractivity contribution in [2.75, 3.05) is 19.5 Å². The molecule has 0 aliphatic carbocycles. The first-order valence-electron chi connectivity index (χ1n) is 8.55. The zero-order valence-electron chi connectivity index (χ0n) is 15.0. The van der Waals surface area contributed by atoms with E-state index in [4.69, 9.17) is 15.2 Å². The second-order valence-corrected chi connectivity index (χ2v) is 6.04. The van der Waals surface area contributed by atoms with Crippen LogP contribution in [0.1, 0.15) is 18.9 Å². The molecule has 3 rings (SSSR count). The summed E-state index contributed by atoms with van der Waals surface area (Å²) in [7, 11) is 1.64. The van der Waals surface area contributed by atoms with Crippen LogP contribution in [0.25, 0.3) is 22.0 Å². The summed E-state index contributed by atoms with van der Waals surface area (Å²) in [4.78, 5) is 15.6. The van der Waals surface area contributed by atoms with Gasteiger partial charge >= 0.3 is 5.97 Å². The average molecular weight is 350 g/mol. The number of rotatable bonds is 6. The number of carbonyl (C=O) groups is 1. The molecule has 0 saturated carbocycles. The number of fused-ring (bicyclic) bond motifs is 1. The van der Waals surface area contributed by atoms with E-state index in [2.05, 4.69) is 11.1 Å². The Morgan fingerprint density at radius 1 is 1.12 bits per heavy atom. The van der Waals surface area contributed by atoms with Crippen LogP contribution < -0.4 is 10.5 Å². The van der Waals surface area contributed by atoms with Gasteiger partial charge in [-0.2, -0.15) is 0 Å². The Labute approximate surface area is 152 Å². The number of ether oxygens (including phenoxy) is 2. The van der Waals surface area contributed by atoms with Gasteiger partial charge in [-0.25, -0.2) is 4.98 Å². The molecule has 0 saturated heterocycles. The number of benzene rings is 2. The minimum atomic E-state index is -0.264. The molecule has 5 nitrogen and oxygen atoms in total. The molecule has 0 atom stereocenters. The lowest BCUT2D eigenvalue weighted by molar-refractivity contribution is -0.141. The number of nitrogen functional groups attached to an aromatic ring is 1. The quantitative estimate of drug-likeness (QED) is 0.537. The highest BCUT2D eigenvalue weighted by molar-refractivity contribution is 5.93. The van der Waals surface area contributed by atoms with Gasteiger partial charge in [0, 0.05) is 17.9 Å². The van der Waals surface area contributed by atoms with Crippen molar-refractivity contribution in [2.24, 2.45) is 0 Å². The molecule has 0 bridgehead atoms. The highest BCUT2D eigenvalue weighted by Gasteiger charge is 2.15. The predicted molar refractivity (Wildman–Crippen MR) is 103 cm³/mol. The number of anilines is 1. The van der Waals surface area contributed by atoms with Gasteiger partial charge in [0.1, 0.15) is 11.6 Å². The fourth-order valence-electron chi connectivity index (χ4n) is 3.11. The average Bonchev–Trinajstić information content (AvgIpc) is 2.65. The lowest BCUT2D eigenvalue weighted by Gasteiger charge is -2.16. The fraction of sp³-hybridized carbons (Fsp3) is 0.238. The summed E-state index contributed by atoms with van der Waals surface area (Å²) in [6, 6.07) is 15.7. The first-order chi connectivity index (χ1) is 12.6. The summed E-state index contributed by atoms with van der Waals surface area (Å²) >= 11 is 0. The number of nitrogens with zero attached hydrogens (tertiary/aromatic N) is 1. The summed E-state index contributed by atoms with van der Waals surface area (Å²) in [6.07, 6.45) is 1.46. The van der Waals surface area contributed by atoms with Crippen LogP contribution in [0.5, 0.6) is 5.75 Å². The topological polar surface area (TPSA) is 74.4 Å². The molecule has 0 radical (unpaired) electrons. The normalized spacial score (nSPS) is 10.7. The Morgan fingerprint density at radius 2 is 1.85 bits per heavy atom. The third-order valence-corrected chi connectivity index (χ3v) is 4.28. The van der Waals surface area contributed by atoms with Gasteiger partial charge in [-0.05, 0) is 42.2 Å². The minimum Gasteiger partial charge on any atom is -0.497 e. The molecule has 0 amide bonds. The Morgan fingerprint density at radius 3 is 2.54 bits per heavy atom. The number of aromatic nitrogens is 1. The van der Waals surface area contributed by atoms with Gasteiger partial charge in [-0.3, -0.25) is 4.79 Å². The molecule has 1 aromatic heterocycles. The van der Waals surface area contributed by atoms with E-state index in [9.17, 15) is 4.79 Å². The molecule has 5 heteroatoms. The molecule has 2 N–H and O–H groups in total. The van der Waals surface area contributed by atoms with Crippen LogP contribution in [0.2, 0.25) is 0 Å². The van der Waals surface area contributed by atoms with Crippen molar-refractivity contribution in [1.82, 2.24) is 4.98 Å². The summed E-state index contributed by atoms with van der Waals surface area (Å²) in [5.41, 5.74) is 10.2. The standard InChI is InChI=1S/C21H22N2O3/c1-14(24)26-13-5-7-18-17-6-3-4-8-19(17)23-21(22)20(18)15-9-11-16(25-2)12-10-15/h3-4,6,8-12H,5,7,13H2,1-2H3,(H2,22,23). The maximum Gasteiger partial charge on any atom is 0.302 e. The number of nitrogens with two attached hydrogens (primary N) is 1. The van der Waals surface area contributed by atoms with E-state index in [1.807, 2.05) is 42.5 Å². The van der Waals surface area contributed by atoms with E-state index >= 15 is 0 Å². The van der Waals surface area contributed by atoms with Gasteiger partial charge in [0.05, 0.1) is 19.2 Å². The number of esters is 1. The number of methoxy groups -OCH3 is 1. The highest BCUT2D eigenvalue weighted by atomic mass is 16.5. The molecule has 134 valence electrons. The van der Waals surface area contributed by atoms with Crippen LogP contribution in [0, 0.1) is 0 Å². The fourth-order valence-corrected chi connectivity index (χ4v) is 3.11. The largest absolute Gasteiger partial charge is 0.497 e. The van der Waals surface area contributed by atoms with Crippen molar-refractivity contribution in [3.8, 4) is 16.9 Å². The zero-order chi connectivity index (χ0) is 18.5. The third-order valence-electron chi connectivity index (χ3n) is 4.28. The van der Waals surface area contributed by atoms with Crippen molar-refractivity contribution in [1.29, 1.82) is 0 Å². The second-order valence-electron chi connectivity index (χ2n) is 6.04. The number of carbonyl (C=O) groups excluding carboxylic acids is 1. The second kappa shape index (κ2) is 7.87. The highest BCUT2D eigenvalue weighted by Crippen LogP contribution is 2.35. The maximum absolute atomic E-state index is 11.0. The monoisotopic (exact) mass is 350 g/mol. The van der Waals surface area contributed by atoms with E-state index in [1.54, 1.807) is 7.11 Å². The van der Waals surface area contributed by atoms with E-state index < -0.39 is 0 Å². The van der Waals surface area contributed by atoms with Gasteiger partial charge in [0.25, 0.3) is 0 Å². The molecule has 2 aromatic carbocycles. The van der Waals surface area contributed by atoms with Crippen LogP contribution in [0.3, 0.4) is 0 Å². The Bertz CT molecular complexity index is 920. The number of para-hydroxylation sites is 1. The van der Waals surface area contributed by atoms with Gasteiger partial charge in [-0.1, -0.05) is 30.3 Å². The predicted octanol–water partition coefficient (Wildman–Crippen LogP) is 3.99. The van der Waals surface area contributed by atoms with Crippen molar-refractivity contribution in [3.63, 3.8) is 0 Å². The molecule has 0 aliphatic heterocycles. The summed E-state index contributed by atoms with van der Waals surface area (Å²) < 4.78 is 10.3. The Hall–Kier alpha value is -3.08. The molecular formula is C21H22N2O3. The van der Waals surface area contributed by atoms with E-state index in [1.165, 1.54) is 6.92 Å². The Balaban J connectivity index is 2.05. The van der Waals surface area contributed by atoms with Crippen LogP contribution in [0.15, 0.2) is 48.5 Å². The molecule has 0 unspecified atom stereocenters. The van der Waals surface area contributed by atoms with Crippen LogP contribution >= 0.6 is 0 Å². The van der Waals surface area contributed by atoms with Crippen molar-refractivity contribution in [2.45, 2.75) is 19.8 Å². The molecule has 26 heavy (non-hydrogen) atoms. The van der Waals surface area contributed by atoms with Crippen LogP contribution in [-0.4, -0.2) is 24.7 Å². The van der Waals surface area contributed by atoms with Gasteiger partial charge in [-0.15, -0.1) is 0 Å². The smallest absolute Gasteiger partial charge is 0.302 e. The number of hydrogen-bond donors (Lipinski definition) is 1. The van der Waals surface area contributed by atoms with Crippen molar-refractivity contribution in [3.05, 3.63) is 54.1 Å². The minimum absolute atomic E-state index is 0.264. The summed E-state index contributed by atoms with van der Waals surface area (Å²) in [5.74, 6) is 1.02. The first kappa shape index (κ1) is 17.7. The van der Waals surface area contributed by atoms with Crippen molar-refractivity contribution >= 4 is 22.7 Å². The molecule has 0 spiro atoms. The third kappa shape index (κ3) is 3.77. The van der Waals surface area contributed by atoms with Crippen LogP contribution in [-0.2, 0) is 16.0 Å². The molecule has 0 fully saturated rings. The van der Waals surface area contributed by atoms with Crippen molar-refractivity contribution < 1.29 is 14.3 Å². The number of aryl methyl sites for hydroxylation is 1. The lowest BCUT2D eigenvalue weighted by Crippen LogP contribution is -2.05. The molecule has 3 aromatic rings. The number of pyridine rings is 1. The maximum atomic E-state index is 11.0. The molecule has 1 heterocycles. The lowest BCUT2D eigenvalue weighted by atomic mass is 9.93. The number of hydrogen-bond acceptors (Lipinski definition) is 5. The van der Waals surface area contributed by atoms with Gasteiger partial charge in [0.2, 0.25) is 0 Å².